The standard InChI is InChI=1S/C25H19N3O4S/c1-16-5-7-18(8-6-16)22-23(28-15-13-17-4-3-14-26-21(17)25(28)29)27-24(32-22)19-9-11-20(12-10-19)33(2,30)31/h3-15H,1-2H3. The van der Waals surface area contributed by atoms with E-state index in [9.17, 15) is 13.2 Å². The van der Waals surface area contributed by atoms with Gasteiger partial charge in [0.25, 0.3) is 5.56 Å². The number of aromatic nitrogens is 3. The third kappa shape index (κ3) is 3.85. The van der Waals surface area contributed by atoms with Gasteiger partial charge in [0.1, 0.15) is 5.52 Å². The molecular weight excluding hydrogens is 438 g/mol. The summed E-state index contributed by atoms with van der Waals surface area (Å²) in [4.78, 5) is 22.3. The average Bonchev–Trinajstić information content (AvgIpc) is 3.25. The summed E-state index contributed by atoms with van der Waals surface area (Å²) in [6.07, 6.45) is 4.38. The second-order valence-corrected chi connectivity index (χ2v) is 9.78. The second kappa shape index (κ2) is 7.83. The lowest BCUT2D eigenvalue weighted by Crippen LogP contribution is -2.19. The van der Waals surface area contributed by atoms with E-state index in [0.29, 0.717) is 22.7 Å². The minimum Gasteiger partial charge on any atom is -0.434 e. The van der Waals surface area contributed by atoms with Gasteiger partial charge in [-0.3, -0.25) is 14.3 Å². The van der Waals surface area contributed by atoms with Crippen molar-refractivity contribution in [1.29, 1.82) is 0 Å². The summed E-state index contributed by atoms with van der Waals surface area (Å²) in [6.45, 7) is 1.99. The highest BCUT2D eigenvalue weighted by Crippen LogP contribution is 2.32. The Hall–Kier alpha value is -4.04. The van der Waals surface area contributed by atoms with Gasteiger partial charge in [-0.2, -0.15) is 4.98 Å². The Morgan fingerprint density at radius 2 is 1.61 bits per heavy atom. The smallest absolute Gasteiger partial charge is 0.282 e. The number of sulfone groups is 1. The van der Waals surface area contributed by atoms with Gasteiger partial charge in [0, 0.05) is 35.2 Å². The van der Waals surface area contributed by atoms with E-state index in [4.69, 9.17) is 4.42 Å². The molecule has 0 fully saturated rings. The Labute approximate surface area is 189 Å². The van der Waals surface area contributed by atoms with Crippen molar-refractivity contribution < 1.29 is 12.8 Å². The Morgan fingerprint density at radius 1 is 0.909 bits per heavy atom. The van der Waals surface area contributed by atoms with Crippen molar-refractivity contribution in [2.45, 2.75) is 11.8 Å². The second-order valence-electron chi connectivity index (χ2n) is 7.77. The number of pyridine rings is 2. The molecule has 0 aliphatic carbocycles. The van der Waals surface area contributed by atoms with Crippen molar-refractivity contribution in [2.75, 3.05) is 6.26 Å². The van der Waals surface area contributed by atoms with Gasteiger partial charge >= 0.3 is 0 Å². The van der Waals surface area contributed by atoms with Crippen molar-refractivity contribution in [2.24, 2.45) is 0 Å². The van der Waals surface area contributed by atoms with E-state index in [2.05, 4.69) is 9.97 Å². The molecule has 0 saturated carbocycles. The van der Waals surface area contributed by atoms with Crippen LogP contribution in [0.2, 0.25) is 0 Å². The molecule has 7 nitrogen and oxygen atoms in total. The first kappa shape index (κ1) is 20.8. The molecule has 0 N–H and O–H groups in total. The zero-order valence-corrected chi connectivity index (χ0v) is 18.7. The topological polar surface area (TPSA) is 95.1 Å². The van der Waals surface area contributed by atoms with Crippen LogP contribution in [0.3, 0.4) is 0 Å². The summed E-state index contributed by atoms with van der Waals surface area (Å²) in [6, 6.07) is 19.4. The van der Waals surface area contributed by atoms with E-state index >= 15 is 0 Å². The monoisotopic (exact) mass is 457 g/mol. The summed E-state index contributed by atoms with van der Waals surface area (Å²) in [5, 5.41) is 0.732. The highest BCUT2D eigenvalue weighted by atomic mass is 32.2. The van der Waals surface area contributed by atoms with Crippen LogP contribution in [0.1, 0.15) is 5.56 Å². The van der Waals surface area contributed by atoms with Crippen LogP contribution in [0.15, 0.2) is 93.2 Å². The molecule has 0 bridgehead atoms. The van der Waals surface area contributed by atoms with Crippen molar-refractivity contribution >= 4 is 20.7 Å². The molecule has 0 amide bonds. The average molecular weight is 458 g/mol. The normalized spacial score (nSPS) is 11.7. The summed E-state index contributed by atoms with van der Waals surface area (Å²) in [5.41, 5.74) is 2.46. The van der Waals surface area contributed by atoms with Gasteiger partial charge in [-0.1, -0.05) is 35.9 Å². The van der Waals surface area contributed by atoms with Crippen LogP contribution in [0.5, 0.6) is 0 Å². The van der Waals surface area contributed by atoms with Crippen molar-refractivity contribution in [3.8, 4) is 28.6 Å². The highest BCUT2D eigenvalue weighted by Gasteiger charge is 2.20. The molecule has 2 aromatic carbocycles. The Bertz CT molecular complexity index is 1650. The fraction of sp³-hybridized carbons (Fsp3) is 0.0800. The molecule has 5 aromatic rings. The molecule has 0 unspecified atom stereocenters. The first-order valence-electron chi connectivity index (χ1n) is 10.2. The largest absolute Gasteiger partial charge is 0.434 e. The maximum atomic E-state index is 13.2. The van der Waals surface area contributed by atoms with Crippen molar-refractivity contribution in [3.63, 3.8) is 0 Å². The molecule has 8 heteroatoms. The molecule has 0 aliphatic heterocycles. The van der Waals surface area contributed by atoms with Crippen LogP contribution < -0.4 is 5.56 Å². The maximum Gasteiger partial charge on any atom is 0.282 e. The van der Waals surface area contributed by atoms with E-state index in [1.165, 1.54) is 16.7 Å². The number of hydrogen-bond donors (Lipinski definition) is 0. The molecule has 0 atom stereocenters. The summed E-state index contributed by atoms with van der Waals surface area (Å²) >= 11 is 0. The molecule has 5 rings (SSSR count). The van der Waals surface area contributed by atoms with Crippen LogP contribution in [-0.4, -0.2) is 29.2 Å². The molecule has 164 valence electrons. The van der Waals surface area contributed by atoms with Crippen LogP contribution in [0.25, 0.3) is 39.5 Å². The first-order valence-corrected chi connectivity index (χ1v) is 12.1. The molecule has 0 spiro atoms. The summed E-state index contributed by atoms with van der Waals surface area (Å²) in [7, 11) is -3.32. The van der Waals surface area contributed by atoms with Gasteiger partial charge in [-0.05, 0) is 43.3 Å². The number of fused-ring (bicyclic) bond motifs is 1. The number of hydrogen-bond acceptors (Lipinski definition) is 6. The summed E-state index contributed by atoms with van der Waals surface area (Å²) in [5.74, 6) is 1.03. The fourth-order valence-corrected chi connectivity index (χ4v) is 4.20. The van der Waals surface area contributed by atoms with E-state index in [1.807, 2.05) is 37.3 Å². The van der Waals surface area contributed by atoms with Crippen LogP contribution in [-0.2, 0) is 9.84 Å². The third-order valence-electron chi connectivity index (χ3n) is 5.34. The van der Waals surface area contributed by atoms with Crippen molar-refractivity contribution in [1.82, 2.24) is 14.5 Å². The van der Waals surface area contributed by atoms with Crippen LogP contribution in [0, 0.1) is 6.92 Å². The number of oxazole rings is 1. The molecule has 0 radical (unpaired) electrons. The predicted octanol–water partition coefficient (Wildman–Crippen LogP) is 4.42. The number of aryl methyl sites for hydroxylation is 1. The minimum absolute atomic E-state index is 0.202. The zero-order chi connectivity index (χ0) is 23.2. The lowest BCUT2D eigenvalue weighted by atomic mass is 10.1. The SMILES string of the molecule is Cc1ccc(-c2oc(-c3ccc(S(C)(=O)=O)cc3)nc2-n2ccc3cccnc3c2=O)cc1. The van der Waals surface area contributed by atoms with Gasteiger partial charge in [-0.15, -0.1) is 0 Å². The van der Waals surface area contributed by atoms with Crippen LogP contribution in [0.4, 0.5) is 0 Å². The van der Waals surface area contributed by atoms with E-state index in [-0.39, 0.29) is 16.3 Å². The molecular formula is C25H19N3O4S. The molecule has 33 heavy (non-hydrogen) atoms. The minimum atomic E-state index is -3.32. The lowest BCUT2D eigenvalue weighted by Gasteiger charge is -2.06. The van der Waals surface area contributed by atoms with Gasteiger partial charge < -0.3 is 4.42 Å². The molecule has 0 aliphatic rings. The molecule has 0 saturated heterocycles. The van der Waals surface area contributed by atoms with Gasteiger partial charge in [0.05, 0.1) is 4.90 Å². The lowest BCUT2D eigenvalue weighted by molar-refractivity contribution is 0.587. The maximum absolute atomic E-state index is 13.2. The Balaban J connectivity index is 1.72. The van der Waals surface area contributed by atoms with Gasteiger partial charge in [0.15, 0.2) is 21.4 Å². The van der Waals surface area contributed by atoms with Crippen LogP contribution >= 0.6 is 0 Å². The fourth-order valence-electron chi connectivity index (χ4n) is 3.57. The molecule has 3 heterocycles. The van der Waals surface area contributed by atoms with E-state index in [0.717, 1.165) is 22.8 Å². The zero-order valence-electron chi connectivity index (χ0n) is 17.9. The highest BCUT2D eigenvalue weighted by molar-refractivity contribution is 7.90. The quantitative estimate of drug-likeness (QED) is 0.396. The van der Waals surface area contributed by atoms with Crippen molar-refractivity contribution in [3.05, 3.63) is 95.0 Å². The first-order chi connectivity index (χ1) is 15.8. The Kier molecular flexibility index (Phi) is 4.94. The van der Waals surface area contributed by atoms with Gasteiger partial charge in [0.2, 0.25) is 5.89 Å². The molecule has 3 aromatic heterocycles. The van der Waals surface area contributed by atoms with E-state index in [1.54, 1.807) is 36.7 Å². The number of benzene rings is 2. The Morgan fingerprint density at radius 3 is 2.30 bits per heavy atom. The number of rotatable bonds is 4. The van der Waals surface area contributed by atoms with E-state index < -0.39 is 9.84 Å². The third-order valence-corrected chi connectivity index (χ3v) is 6.47. The number of nitrogens with zero attached hydrogens (tertiary/aromatic N) is 3. The summed E-state index contributed by atoms with van der Waals surface area (Å²) < 4.78 is 31.1. The predicted molar refractivity (Wildman–Crippen MR) is 126 cm³/mol. The van der Waals surface area contributed by atoms with Gasteiger partial charge in [-0.25, -0.2) is 8.42 Å².